The van der Waals surface area contributed by atoms with Crippen LogP contribution in [-0.2, 0) is 16.0 Å². The lowest BCUT2D eigenvalue weighted by Crippen LogP contribution is -2.10. The normalized spacial score (nSPS) is 12.9. The Labute approximate surface area is 124 Å². The predicted molar refractivity (Wildman–Crippen MR) is 82.1 cm³/mol. The number of methoxy groups -OCH3 is 1. The van der Waals surface area contributed by atoms with Gasteiger partial charge in [0.05, 0.1) is 24.2 Å². The summed E-state index contributed by atoms with van der Waals surface area (Å²) in [6.07, 6.45) is 0.229. The summed E-state index contributed by atoms with van der Waals surface area (Å²) in [5, 5.41) is 9.89. The number of hydrogen-bond donors (Lipinski definition) is 2. The lowest BCUT2D eigenvalue weighted by molar-refractivity contribution is 0.0678. The smallest absolute Gasteiger partial charge is 0.138 e. The fourth-order valence-electron chi connectivity index (χ4n) is 2.29. The van der Waals surface area contributed by atoms with Gasteiger partial charge in [0.1, 0.15) is 11.9 Å². The van der Waals surface area contributed by atoms with Crippen LogP contribution >= 0.6 is 0 Å². The molecule has 1 unspecified atom stereocenters. The van der Waals surface area contributed by atoms with Gasteiger partial charge in [0.15, 0.2) is 0 Å². The average Bonchev–Trinajstić information content (AvgIpc) is 2.80. The van der Waals surface area contributed by atoms with E-state index in [0.29, 0.717) is 31.3 Å². The van der Waals surface area contributed by atoms with Crippen LogP contribution in [0.25, 0.3) is 11.0 Å². The van der Waals surface area contributed by atoms with E-state index in [1.165, 1.54) is 0 Å². The Morgan fingerprint density at radius 3 is 2.86 bits per heavy atom. The van der Waals surface area contributed by atoms with Crippen molar-refractivity contribution in [1.29, 1.82) is 0 Å². The van der Waals surface area contributed by atoms with Gasteiger partial charge in [0, 0.05) is 25.9 Å². The highest BCUT2D eigenvalue weighted by molar-refractivity contribution is 5.79. The van der Waals surface area contributed by atoms with E-state index in [9.17, 15) is 5.11 Å². The monoisotopic (exact) mass is 293 g/mol. The molecule has 0 saturated heterocycles. The first-order chi connectivity index (χ1) is 10.1. The van der Waals surface area contributed by atoms with Gasteiger partial charge in [-0.25, -0.2) is 4.98 Å². The molecule has 1 aromatic heterocycles. The molecule has 6 heteroatoms. The molecule has 0 aliphatic carbocycles. The number of imidazole rings is 1. The third kappa shape index (κ3) is 3.93. The average molecular weight is 293 g/mol. The lowest BCUT2D eigenvalue weighted by Gasteiger charge is -2.11. The number of rotatable bonds is 8. The molecule has 0 radical (unpaired) electrons. The molecule has 0 aliphatic rings. The van der Waals surface area contributed by atoms with Crippen LogP contribution in [-0.4, -0.2) is 41.6 Å². The van der Waals surface area contributed by atoms with E-state index in [1.54, 1.807) is 14.0 Å². The van der Waals surface area contributed by atoms with E-state index in [4.69, 9.17) is 15.2 Å². The van der Waals surface area contributed by atoms with Gasteiger partial charge in [-0.2, -0.15) is 0 Å². The van der Waals surface area contributed by atoms with Crippen molar-refractivity contribution in [2.24, 2.45) is 0 Å². The summed E-state index contributed by atoms with van der Waals surface area (Å²) in [5.41, 5.74) is 8.25. The quantitative estimate of drug-likeness (QED) is 0.572. The van der Waals surface area contributed by atoms with Crippen molar-refractivity contribution >= 4 is 16.7 Å². The number of benzene rings is 1. The van der Waals surface area contributed by atoms with Crippen molar-refractivity contribution in [3.63, 3.8) is 0 Å². The largest absolute Gasteiger partial charge is 0.399 e. The molecular weight excluding hydrogens is 270 g/mol. The summed E-state index contributed by atoms with van der Waals surface area (Å²) in [6, 6.07) is 5.61. The van der Waals surface area contributed by atoms with Crippen LogP contribution in [0.4, 0.5) is 5.69 Å². The number of nitrogens with two attached hydrogens (primary N) is 1. The Balaban J connectivity index is 2.08. The summed E-state index contributed by atoms with van der Waals surface area (Å²) in [7, 11) is 1.65. The van der Waals surface area contributed by atoms with Crippen LogP contribution in [0.15, 0.2) is 18.2 Å². The number of ether oxygens (including phenoxy) is 2. The first-order valence-electron chi connectivity index (χ1n) is 7.14. The van der Waals surface area contributed by atoms with Gasteiger partial charge in [-0.3, -0.25) is 0 Å². The topological polar surface area (TPSA) is 82.5 Å². The zero-order valence-corrected chi connectivity index (χ0v) is 12.6. The standard InChI is InChI=1S/C15H23N3O3/c1-11(19)15-17-13-10-12(16)4-5-14(13)18(15)6-3-7-21-9-8-20-2/h4-5,10-11,19H,3,6-9,16H2,1-2H3. The molecule has 6 nitrogen and oxygen atoms in total. The number of aromatic nitrogens is 2. The van der Waals surface area contributed by atoms with Crippen LogP contribution in [0.3, 0.4) is 0 Å². The first-order valence-corrected chi connectivity index (χ1v) is 7.14. The Hall–Kier alpha value is -1.63. The molecule has 1 atom stereocenters. The molecule has 0 spiro atoms. The SMILES string of the molecule is COCCOCCCn1c(C(C)O)nc2cc(N)ccc21. The van der Waals surface area contributed by atoms with Crippen LogP contribution in [0.2, 0.25) is 0 Å². The molecule has 1 aromatic carbocycles. The summed E-state index contributed by atoms with van der Waals surface area (Å²) < 4.78 is 12.4. The third-order valence-electron chi connectivity index (χ3n) is 3.28. The highest BCUT2D eigenvalue weighted by Gasteiger charge is 2.14. The molecule has 2 rings (SSSR count). The van der Waals surface area contributed by atoms with Crippen molar-refractivity contribution in [3.8, 4) is 0 Å². The number of aliphatic hydroxyl groups is 1. The third-order valence-corrected chi connectivity index (χ3v) is 3.28. The van der Waals surface area contributed by atoms with Crippen LogP contribution < -0.4 is 5.73 Å². The number of fused-ring (bicyclic) bond motifs is 1. The Kier molecular flexibility index (Phi) is 5.55. The minimum atomic E-state index is -0.618. The van der Waals surface area contributed by atoms with Crippen molar-refractivity contribution in [2.45, 2.75) is 26.0 Å². The Bertz CT molecular complexity index is 581. The minimum absolute atomic E-state index is 0.598. The highest BCUT2D eigenvalue weighted by atomic mass is 16.5. The molecular formula is C15H23N3O3. The van der Waals surface area contributed by atoms with Gasteiger partial charge in [-0.15, -0.1) is 0 Å². The van der Waals surface area contributed by atoms with Gasteiger partial charge in [0.2, 0.25) is 0 Å². The van der Waals surface area contributed by atoms with Crippen molar-refractivity contribution in [3.05, 3.63) is 24.0 Å². The van der Waals surface area contributed by atoms with Gasteiger partial charge in [0.25, 0.3) is 0 Å². The summed E-state index contributed by atoms with van der Waals surface area (Å²) in [4.78, 5) is 4.47. The molecule has 21 heavy (non-hydrogen) atoms. The second-order valence-corrected chi connectivity index (χ2v) is 5.00. The molecule has 0 fully saturated rings. The van der Waals surface area contributed by atoms with Crippen molar-refractivity contribution in [2.75, 3.05) is 32.7 Å². The van der Waals surface area contributed by atoms with Crippen LogP contribution in [0.5, 0.6) is 0 Å². The number of nitrogens with zero attached hydrogens (tertiary/aromatic N) is 2. The maximum Gasteiger partial charge on any atom is 0.138 e. The molecule has 3 N–H and O–H groups in total. The van der Waals surface area contributed by atoms with E-state index >= 15 is 0 Å². The van der Waals surface area contributed by atoms with Gasteiger partial charge < -0.3 is 24.9 Å². The maximum atomic E-state index is 9.89. The van der Waals surface area contributed by atoms with Gasteiger partial charge in [-0.05, 0) is 31.5 Å². The molecule has 0 amide bonds. The molecule has 116 valence electrons. The van der Waals surface area contributed by atoms with Crippen molar-refractivity contribution in [1.82, 2.24) is 9.55 Å². The fraction of sp³-hybridized carbons (Fsp3) is 0.533. The number of aryl methyl sites for hydroxylation is 1. The van der Waals surface area contributed by atoms with E-state index in [2.05, 4.69) is 4.98 Å². The number of hydrogen-bond acceptors (Lipinski definition) is 5. The number of nitrogen functional groups attached to an aromatic ring is 1. The van der Waals surface area contributed by atoms with Crippen LogP contribution in [0, 0.1) is 0 Å². The van der Waals surface area contributed by atoms with E-state index < -0.39 is 6.10 Å². The molecule has 0 bridgehead atoms. The molecule has 2 aromatic rings. The highest BCUT2D eigenvalue weighted by Crippen LogP contribution is 2.23. The predicted octanol–water partition coefficient (Wildman–Crippen LogP) is 1.72. The summed E-state index contributed by atoms with van der Waals surface area (Å²) in [5.74, 6) is 0.660. The van der Waals surface area contributed by atoms with Crippen LogP contribution in [0.1, 0.15) is 25.3 Å². The van der Waals surface area contributed by atoms with Gasteiger partial charge in [-0.1, -0.05) is 0 Å². The molecule has 0 aliphatic heterocycles. The lowest BCUT2D eigenvalue weighted by atomic mass is 10.3. The number of anilines is 1. The first kappa shape index (κ1) is 15.8. The Morgan fingerprint density at radius 2 is 2.14 bits per heavy atom. The van der Waals surface area contributed by atoms with E-state index in [1.807, 2.05) is 22.8 Å². The molecule has 0 saturated carbocycles. The maximum absolute atomic E-state index is 9.89. The second kappa shape index (κ2) is 7.40. The number of aliphatic hydroxyl groups excluding tert-OH is 1. The minimum Gasteiger partial charge on any atom is -0.399 e. The summed E-state index contributed by atoms with van der Waals surface area (Å²) in [6.45, 7) is 4.31. The van der Waals surface area contributed by atoms with Gasteiger partial charge >= 0.3 is 0 Å². The summed E-state index contributed by atoms with van der Waals surface area (Å²) >= 11 is 0. The zero-order chi connectivity index (χ0) is 15.2. The second-order valence-electron chi connectivity index (χ2n) is 5.00. The van der Waals surface area contributed by atoms with E-state index in [0.717, 1.165) is 24.0 Å². The fourth-order valence-corrected chi connectivity index (χ4v) is 2.29. The van der Waals surface area contributed by atoms with Crippen molar-refractivity contribution < 1.29 is 14.6 Å². The Morgan fingerprint density at radius 1 is 1.33 bits per heavy atom. The van der Waals surface area contributed by atoms with E-state index in [-0.39, 0.29) is 0 Å². The zero-order valence-electron chi connectivity index (χ0n) is 12.6. The molecule has 1 heterocycles.